The van der Waals surface area contributed by atoms with Crippen molar-refractivity contribution in [2.24, 2.45) is 5.92 Å². The average Bonchev–Trinajstić information content (AvgIpc) is 2.37. The Hall–Kier alpha value is -0.430. The average molecular weight is 375 g/mol. The zero-order valence-electron chi connectivity index (χ0n) is 12.7. The van der Waals surface area contributed by atoms with E-state index in [-0.39, 0.29) is 6.04 Å². The van der Waals surface area contributed by atoms with Crippen molar-refractivity contribution in [3.63, 3.8) is 0 Å². The van der Waals surface area contributed by atoms with Crippen molar-refractivity contribution in [3.05, 3.63) is 27.7 Å². The van der Waals surface area contributed by atoms with Gasteiger partial charge >= 0.3 is 0 Å². The van der Waals surface area contributed by atoms with Crippen LogP contribution in [0, 0.1) is 12.8 Å². The molecule has 6 heteroatoms. The summed E-state index contributed by atoms with van der Waals surface area (Å²) in [5, 5.41) is 3.23. The van der Waals surface area contributed by atoms with Crippen LogP contribution in [0.2, 0.25) is 0 Å². The number of benzene rings is 1. The first-order valence-electron chi connectivity index (χ1n) is 7.35. The van der Waals surface area contributed by atoms with Crippen molar-refractivity contribution in [2.45, 2.75) is 51.1 Å². The van der Waals surface area contributed by atoms with Crippen LogP contribution in [0.1, 0.15) is 37.8 Å². The van der Waals surface area contributed by atoms with Gasteiger partial charge in [0.05, 0.1) is 4.90 Å². The van der Waals surface area contributed by atoms with Crippen LogP contribution in [0.5, 0.6) is 0 Å². The fraction of sp³-hybridized carbons (Fsp3) is 0.600. The maximum Gasteiger partial charge on any atom is 0.241 e. The number of sulfonamides is 1. The van der Waals surface area contributed by atoms with Gasteiger partial charge in [-0.25, -0.2) is 13.1 Å². The van der Waals surface area contributed by atoms with Crippen molar-refractivity contribution in [2.75, 3.05) is 6.54 Å². The predicted octanol–water partition coefficient (Wildman–Crippen LogP) is 2.94. The maximum atomic E-state index is 12.6. The zero-order valence-corrected chi connectivity index (χ0v) is 15.1. The van der Waals surface area contributed by atoms with Crippen LogP contribution in [-0.4, -0.2) is 21.0 Å². The number of aryl methyl sites for hydroxylation is 1. The molecule has 2 N–H and O–H groups in total. The Kier molecular flexibility index (Phi) is 5.46. The summed E-state index contributed by atoms with van der Waals surface area (Å²) in [6, 6.07) is 3.84. The van der Waals surface area contributed by atoms with E-state index in [1.165, 1.54) is 0 Å². The van der Waals surface area contributed by atoms with Gasteiger partial charge in [0.25, 0.3) is 0 Å². The molecule has 1 saturated carbocycles. The van der Waals surface area contributed by atoms with Crippen LogP contribution >= 0.6 is 15.9 Å². The Morgan fingerprint density at radius 1 is 1.33 bits per heavy atom. The summed E-state index contributed by atoms with van der Waals surface area (Å²) in [6.07, 6.45) is 1.85. The van der Waals surface area contributed by atoms with Gasteiger partial charge in [-0.1, -0.05) is 19.9 Å². The second-order valence-corrected chi connectivity index (χ2v) is 8.38. The molecule has 0 atom stereocenters. The SMILES string of the molecule is CCNCc1cc(C)c(Br)c(S(=O)(=O)NC2CC(C)C2)c1. The number of nitrogens with one attached hydrogen (secondary N) is 2. The second kappa shape index (κ2) is 6.77. The zero-order chi connectivity index (χ0) is 15.6. The molecule has 21 heavy (non-hydrogen) atoms. The normalized spacial score (nSPS) is 22.1. The molecule has 1 aliphatic rings. The molecule has 4 nitrogen and oxygen atoms in total. The molecule has 2 rings (SSSR count). The van der Waals surface area contributed by atoms with Gasteiger partial charge in [0.1, 0.15) is 0 Å². The summed E-state index contributed by atoms with van der Waals surface area (Å²) < 4.78 is 28.6. The molecule has 0 aliphatic heterocycles. The van der Waals surface area contributed by atoms with Crippen molar-refractivity contribution in [1.29, 1.82) is 0 Å². The molecule has 0 radical (unpaired) electrons. The minimum atomic E-state index is -3.47. The summed E-state index contributed by atoms with van der Waals surface area (Å²) in [5.41, 5.74) is 1.92. The third-order valence-electron chi connectivity index (χ3n) is 3.85. The monoisotopic (exact) mass is 374 g/mol. The lowest BCUT2D eigenvalue weighted by molar-refractivity contribution is 0.270. The highest BCUT2D eigenvalue weighted by Crippen LogP contribution is 2.31. The minimum absolute atomic E-state index is 0.0784. The van der Waals surface area contributed by atoms with Crippen LogP contribution in [0.4, 0.5) is 0 Å². The number of halogens is 1. The molecule has 0 aromatic heterocycles. The summed E-state index contributed by atoms with van der Waals surface area (Å²) in [4.78, 5) is 0.343. The van der Waals surface area contributed by atoms with E-state index in [1.54, 1.807) is 6.07 Å². The fourth-order valence-electron chi connectivity index (χ4n) is 2.66. The van der Waals surface area contributed by atoms with Gasteiger partial charge in [-0.3, -0.25) is 0 Å². The maximum absolute atomic E-state index is 12.6. The molecule has 1 aliphatic carbocycles. The van der Waals surface area contributed by atoms with E-state index < -0.39 is 10.0 Å². The van der Waals surface area contributed by atoms with Gasteiger partial charge in [-0.2, -0.15) is 0 Å². The van der Waals surface area contributed by atoms with Gasteiger partial charge in [-0.05, 0) is 65.4 Å². The van der Waals surface area contributed by atoms with Crippen molar-refractivity contribution >= 4 is 26.0 Å². The van der Waals surface area contributed by atoms with Crippen LogP contribution < -0.4 is 10.0 Å². The lowest BCUT2D eigenvalue weighted by Crippen LogP contribution is -2.43. The highest BCUT2D eigenvalue weighted by atomic mass is 79.9. The molecule has 0 spiro atoms. The van der Waals surface area contributed by atoms with Crippen LogP contribution in [0.3, 0.4) is 0 Å². The molecular weight excluding hydrogens is 352 g/mol. The summed E-state index contributed by atoms with van der Waals surface area (Å²) in [6.45, 7) is 7.62. The largest absolute Gasteiger partial charge is 0.313 e. The Morgan fingerprint density at radius 3 is 2.57 bits per heavy atom. The summed E-state index contributed by atoms with van der Waals surface area (Å²) in [7, 11) is -3.47. The molecule has 0 bridgehead atoms. The summed E-state index contributed by atoms with van der Waals surface area (Å²) in [5.74, 6) is 0.614. The number of rotatable bonds is 6. The van der Waals surface area contributed by atoms with E-state index in [9.17, 15) is 8.42 Å². The summed E-state index contributed by atoms with van der Waals surface area (Å²) >= 11 is 3.42. The van der Waals surface area contributed by atoms with Crippen LogP contribution in [-0.2, 0) is 16.6 Å². The quantitative estimate of drug-likeness (QED) is 0.804. The Labute approximate surface area is 135 Å². The lowest BCUT2D eigenvalue weighted by Gasteiger charge is -2.33. The lowest BCUT2D eigenvalue weighted by atomic mass is 9.83. The van der Waals surface area contributed by atoms with Crippen LogP contribution in [0.15, 0.2) is 21.5 Å². The standard InChI is InChI=1S/C15H23BrN2O2S/c1-4-17-9-12-7-11(3)15(16)14(8-12)21(19,20)18-13-5-10(2)6-13/h7-8,10,13,17-18H,4-6,9H2,1-3H3. The van der Waals surface area contributed by atoms with Gasteiger partial charge < -0.3 is 5.32 Å². The molecule has 1 aromatic carbocycles. The van der Waals surface area contributed by atoms with E-state index in [0.717, 1.165) is 30.5 Å². The van der Waals surface area contributed by atoms with Crippen molar-refractivity contribution < 1.29 is 8.42 Å². The van der Waals surface area contributed by atoms with Gasteiger partial charge in [0.15, 0.2) is 0 Å². The van der Waals surface area contributed by atoms with Crippen molar-refractivity contribution in [1.82, 2.24) is 10.0 Å². The van der Waals surface area contributed by atoms with Gasteiger partial charge in [0.2, 0.25) is 10.0 Å². The molecule has 0 heterocycles. The van der Waals surface area contributed by atoms with Crippen LogP contribution in [0.25, 0.3) is 0 Å². The van der Waals surface area contributed by atoms with E-state index in [2.05, 4.69) is 32.9 Å². The number of hydrogen-bond acceptors (Lipinski definition) is 3. The minimum Gasteiger partial charge on any atom is -0.313 e. The third-order valence-corrected chi connectivity index (χ3v) is 6.70. The fourth-order valence-corrected chi connectivity index (χ4v) is 4.99. The Balaban J connectivity index is 2.26. The third kappa shape index (κ3) is 4.06. The molecule has 118 valence electrons. The van der Waals surface area contributed by atoms with Gasteiger partial charge in [-0.15, -0.1) is 0 Å². The Morgan fingerprint density at radius 2 is 2.00 bits per heavy atom. The topological polar surface area (TPSA) is 58.2 Å². The first kappa shape index (κ1) is 16.9. The molecule has 1 fully saturated rings. The first-order valence-corrected chi connectivity index (χ1v) is 9.63. The van der Waals surface area contributed by atoms with E-state index >= 15 is 0 Å². The molecule has 0 unspecified atom stereocenters. The van der Waals surface area contributed by atoms with Crippen molar-refractivity contribution in [3.8, 4) is 0 Å². The van der Waals surface area contributed by atoms with E-state index in [4.69, 9.17) is 0 Å². The van der Waals surface area contributed by atoms with E-state index in [1.807, 2.05) is 19.9 Å². The first-order chi connectivity index (χ1) is 9.83. The molecular formula is C15H23BrN2O2S. The molecule has 1 aromatic rings. The molecule has 0 saturated heterocycles. The smallest absolute Gasteiger partial charge is 0.241 e. The second-order valence-electron chi connectivity index (χ2n) is 5.90. The molecule has 0 amide bonds. The van der Waals surface area contributed by atoms with E-state index in [0.29, 0.717) is 21.8 Å². The highest BCUT2D eigenvalue weighted by Gasteiger charge is 2.31. The Bertz CT molecular complexity index is 610. The van der Waals surface area contributed by atoms with Gasteiger partial charge in [0, 0.05) is 17.1 Å². The predicted molar refractivity (Wildman–Crippen MR) is 88.8 cm³/mol. The number of hydrogen-bond donors (Lipinski definition) is 2. The highest BCUT2D eigenvalue weighted by molar-refractivity contribution is 9.10.